The van der Waals surface area contributed by atoms with E-state index in [1.165, 1.54) is 16.8 Å². The second-order valence-corrected chi connectivity index (χ2v) is 7.66. The number of amides is 2. The lowest BCUT2D eigenvalue weighted by atomic mass is 9.98. The molecule has 1 atom stereocenters. The van der Waals surface area contributed by atoms with E-state index in [-0.39, 0.29) is 24.4 Å². The van der Waals surface area contributed by atoms with Gasteiger partial charge in [-0.3, -0.25) is 9.59 Å². The number of carbonyl (C=O) groups is 2. The molecule has 0 fully saturated rings. The van der Waals surface area contributed by atoms with E-state index in [1.807, 2.05) is 36.4 Å². The summed E-state index contributed by atoms with van der Waals surface area (Å²) >= 11 is 6.05. The number of carbonyl (C=O) groups excluding carboxylic acids is 2. The van der Waals surface area contributed by atoms with Crippen LogP contribution >= 0.6 is 11.6 Å². The van der Waals surface area contributed by atoms with Crippen LogP contribution in [0.25, 0.3) is 0 Å². The van der Waals surface area contributed by atoms with Crippen LogP contribution in [0.5, 0.6) is 5.75 Å². The normalized spacial score (nSPS) is 15.5. The third-order valence-corrected chi connectivity index (χ3v) is 5.41. The Balaban J connectivity index is 1.90. The highest BCUT2D eigenvalue weighted by Crippen LogP contribution is 2.34. The van der Waals surface area contributed by atoms with Gasteiger partial charge in [-0.2, -0.15) is 5.10 Å². The lowest BCUT2D eigenvalue weighted by Gasteiger charge is -2.26. The fraction of sp³-hybridized carbons (Fsp3) is 0.348. The SMILES string of the molecule is COCCN(CC(=O)N1N=C(c2cccc(OC)c2)C[C@@H]1c1ccc(Cl)cc1)C(C)=O. The smallest absolute Gasteiger partial charge is 0.262 e. The van der Waals surface area contributed by atoms with Crippen molar-refractivity contribution in [2.75, 3.05) is 33.9 Å². The van der Waals surface area contributed by atoms with Crippen LogP contribution in [-0.2, 0) is 14.3 Å². The quantitative estimate of drug-likeness (QED) is 0.625. The molecule has 1 heterocycles. The lowest BCUT2D eigenvalue weighted by Crippen LogP contribution is -2.41. The summed E-state index contributed by atoms with van der Waals surface area (Å²) in [5.74, 6) is 0.268. The lowest BCUT2D eigenvalue weighted by molar-refractivity contribution is -0.141. The van der Waals surface area contributed by atoms with E-state index in [4.69, 9.17) is 21.1 Å². The summed E-state index contributed by atoms with van der Waals surface area (Å²) in [6.45, 7) is 2.06. The summed E-state index contributed by atoms with van der Waals surface area (Å²) in [5, 5.41) is 6.74. The first-order valence-electron chi connectivity index (χ1n) is 9.96. The zero-order chi connectivity index (χ0) is 22.4. The Morgan fingerprint density at radius 2 is 1.94 bits per heavy atom. The van der Waals surface area contributed by atoms with Crippen molar-refractivity contribution in [2.24, 2.45) is 5.10 Å². The Labute approximate surface area is 187 Å². The van der Waals surface area contributed by atoms with E-state index in [9.17, 15) is 9.59 Å². The molecule has 0 bridgehead atoms. The topological polar surface area (TPSA) is 71.4 Å². The van der Waals surface area contributed by atoms with Crippen molar-refractivity contribution in [3.63, 3.8) is 0 Å². The molecule has 0 radical (unpaired) electrons. The van der Waals surface area contributed by atoms with Gasteiger partial charge in [-0.25, -0.2) is 5.01 Å². The summed E-state index contributed by atoms with van der Waals surface area (Å²) < 4.78 is 10.4. The van der Waals surface area contributed by atoms with Crippen LogP contribution in [-0.4, -0.2) is 61.4 Å². The number of rotatable bonds is 8. The van der Waals surface area contributed by atoms with Gasteiger partial charge in [0, 0.05) is 37.6 Å². The van der Waals surface area contributed by atoms with Gasteiger partial charge in [-0.1, -0.05) is 35.9 Å². The number of ether oxygens (including phenoxy) is 2. The Bertz CT molecular complexity index is 962. The molecule has 1 aliphatic heterocycles. The maximum atomic E-state index is 13.2. The third kappa shape index (κ3) is 5.62. The molecule has 0 aromatic heterocycles. The van der Waals surface area contributed by atoms with Crippen LogP contribution in [0, 0.1) is 0 Å². The van der Waals surface area contributed by atoms with Crippen LogP contribution in [0.3, 0.4) is 0 Å². The summed E-state index contributed by atoms with van der Waals surface area (Å²) in [6, 6.07) is 14.7. The summed E-state index contributed by atoms with van der Waals surface area (Å²) in [5.41, 5.74) is 2.58. The Morgan fingerprint density at radius 1 is 1.19 bits per heavy atom. The molecule has 8 heteroatoms. The van der Waals surface area contributed by atoms with Crippen LogP contribution in [0.4, 0.5) is 0 Å². The van der Waals surface area contributed by atoms with E-state index in [1.54, 1.807) is 26.4 Å². The second-order valence-electron chi connectivity index (χ2n) is 7.22. The van der Waals surface area contributed by atoms with Crippen LogP contribution in [0.2, 0.25) is 5.02 Å². The molecule has 0 spiro atoms. The average molecular weight is 444 g/mol. The number of nitrogens with zero attached hydrogens (tertiary/aromatic N) is 3. The highest BCUT2D eigenvalue weighted by molar-refractivity contribution is 6.30. The van der Waals surface area contributed by atoms with Gasteiger partial charge < -0.3 is 14.4 Å². The first-order valence-corrected chi connectivity index (χ1v) is 10.3. The number of benzene rings is 2. The predicted molar refractivity (Wildman–Crippen MR) is 119 cm³/mol. The first kappa shape index (κ1) is 22.8. The molecule has 0 unspecified atom stereocenters. The van der Waals surface area contributed by atoms with Crippen molar-refractivity contribution >= 4 is 29.1 Å². The van der Waals surface area contributed by atoms with E-state index in [2.05, 4.69) is 5.10 Å². The fourth-order valence-corrected chi connectivity index (χ4v) is 3.57. The van der Waals surface area contributed by atoms with E-state index in [0.717, 1.165) is 22.6 Å². The Kier molecular flexibility index (Phi) is 7.65. The molecule has 2 aromatic carbocycles. The van der Waals surface area contributed by atoms with Gasteiger partial charge in [0.25, 0.3) is 5.91 Å². The molecule has 2 amide bonds. The maximum absolute atomic E-state index is 13.2. The molecular formula is C23H26ClN3O4. The molecule has 0 aliphatic carbocycles. The summed E-state index contributed by atoms with van der Waals surface area (Å²) in [4.78, 5) is 26.7. The van der Waals surface area contributed by atoms with Crippen molar-refractivity contribution < 1.29 is 19.1 Å². The van der Waals surface area contributed by atoms with Crippen molar-refractivity contribution in [3.05, 3.63) is 64.7 Å². The number of methoxy groups -OCH3 is 2. The van der Waals surface area contributed by atoms with Crippen LogP contribution in [0.1, 0.15) is 30.5 Å². The molecule has 0 saturated carbocycles. The van der Waals surface area contributed by atoms with Crippen molar-refractivity contribution in [1.29, 1.82) is 0 Å². The van der Waals surface area contributed by atoms with Gasteiger partial charge in [0.15, 0.2) is 0 Å². The van der Waals surface area contributed by atoms with Gasteiger partial charge >= 0.3 is 0 Å². The molecular weight excluding hydrogens is 418 g/mol. The van der Waals surface area contributed by atoms with E-state index >= 15 is 0 Å². The number of hydrogen-bond acceptors (Lipinski definition) is 5. The highest BCUT2D eigenvalue weighted by atomic mass is 35.5. The molecule has 31 heavy (non-hydrogen) atoms. The number of halogens is 1. The minimum atomic E-state index is -0.290. The molecule has 3 rings (SSSR count). The molecule has 0 saturated heterocycles. The van der Waals surface area contributed by atoms with Gasteiger partial charge in [-0.05, 0) is 29.8 Å². The van der Waals surface area contributed by atoms with Crippen LogP contribution in [0.15, 0.2) is 53.6 Å². The van der Waals surface area contributed by atoms with Crippen molar-refractivity contribution in [2.45, 2.75) is 19.4 Å². The van der Waals surface area contributed by atoms with E-state index in [0.29, 0.717) is 24.6 Å². The first-order chi connectivity index (χ1) is 14.9. The standard InChI is InChI=1S/C23H26ClN3O4/c1-16(28)26(11-12-30-2)15-23(29)27-22(17-7-9-19(24)10-8-17)14-21(25-27)18-5-4-6-20(13-18)31-3/h4-10,13,22H,11-12,14-15H2,1-3H3/t22-/m1/s1. The van der Waals surface area contributed by atoms with Crippen LogP contribution < -0.4 is 4.74 Å². The van der Waals surface area contributed by atoms with Gasteiger partial charge in [0.05, 0.1) is 25.5 Å². The Morgan fingerprint density at radius 3 is 2.58 bits per heavy atom. The van der Waals surface area contributed by atoms with Gasteiger partial charge in [0.1, 0.15) is 12.3 Å². The molecule has 7 nitrogen and oxygen atoms in total. The predicted octanol–water partition coefficient (Wildman–Crippen LogP) is 3.52. The number of hydrazone groups is 1. The molecule has 164 valence electrons. The molecule has 0 N–H and O–H groups in total. The summed E-state index contributed by atoms with van der Waals surface area (Å²) in [7, 11) is 3.17. The van der Waals surface area contributed by atoms with Crippen molar-refractivity contribution in [3.8, 4) is 5.75 Å². The van der Waals surface area contributed by atoms with Crippen molar-refractivity contribution in [1.82, 2.24) is 9.91 Å². The number of hydrogen-bond donors (Lipinski definition) is 0. The highest BCUT2D eigenvalue weighted by Gasteiger charge is 2.34. The largest absolute Gasteiger partial charge is 0.497 e. The van der Waals surface area contributed by atoms with Gasteiger partial charge in [-0.15, -0.1) is 0 Å². The fourth-order valence-electron chi connectivity index (χ4n) is 3.45. The van der Waals surface area contributed by atoms with E-state index < -0.39 is 0 Å². The third-order valence-electron chi connectivity index (χ3n) is 5.16. The Hall–Kier alpha value is -2.90. The zero-order valence-corrected chi connectivity index (χ0v) is 18.6. The maximum Gasteiger partial charge on any atom is 0.262 e. The zero-order valence-electron chi connectivity index (χ0n) is 17.9. The second kappa shape index (κ2) is 10.4. The summed E-state index contributed by atoms with van der Waals surface area (Å²) in [6.07, 6.45) is 0.540. The molecule has 1 aliphatic rings. The van der Waals surface area contributed by atoms with Gasteiger partial charge in [0.2, 0.25) is 5.91 Å². The minimum Gasteiger partial charge on any atom is -0.497 e. The average Bonchev–Trinajstić information content (AvgIpc) is 3.22. The molecule has 2 aromatic rings. The monoisotopic (exact) mass is 443 g/mol. The minimum absolute atomic E-state index is 0.0718.